The third-order valence-electron chi connectivity index (χ3n) is 4.92. The largest absolute Gasteiger partial charge is 0.453 e. The number of ether oxygens (including phenoxy) is 1. The van der Waals surface area contributed by atoms with Crippen molar-refractivity contribution in [3.63, 3.8) is 0 Å². The minimum Gasteiger partial charge on any atom is -0.453 e. The van der Waals surface area contributed by atoms with Gasteiger partial charge < -0.3 is 20.5 Å². The average Bonchev–Trinajstić information content (AvgIpc) is 2.70. The van der Waals surface area contributed by atoms with Crippen molar-refractivity contribution in [1.29, 1.82) is 0 Å². The molecule has 1 rings (SSSR count). The number of hydrogen-bond acceptors (Lipinski definition) is 4. The first kappa shape index (κ1) is 26.4. The molecule has 28 heavy (non-hydrogen) atoms. The van der Waals surface area contributed by atoms with Gasteiger partial charge in [-0.25, -0.2) is 9.79 Å². The molecule has 0 aliphatic rings. The molecule has 7 nitrogen and oxygen atoms in total. The van der Waals surface area contributed by atoms with Gasteiger partial charge in [-0.1, -0.05) is 26.0 Å². The highest BCUT2D eigenvalue weighted by Gasteiger charge is 2.25. The third-order valence-corrected chi connectivity index (χ3v) is 4.92. The number of carbonyl (C=O) groups excluding carboxylic acids is 1. The molecule has 0 radical (unpaired) electrons. The van der Waals surface area contributed by atoms with E-state index in [4.69, 9.17) is 0 Å². The highest BCUT2D eigenvalue weighted by atomic mass is 127. The van der Waals surface area contributed by atoms with E-state index in [0.717, 1.165) is 43.9 Å². The van der Waals surface area contributed by atoms with Crippen LogP contribution in [0.4, 0.5) is 10.5 Å². The Bertz CT molecular complexity index is 590. The van der Waals surface area contributed by atoms with Gasteiger partial charge in [0.05, 0.1) is 13.7 Å². The number of halogens is 1. The fraction of sp³-hybridized carbons (Fsp3) is 0.600. The van der Waals surface area contributed by atoms with Gasteiger partial charge in [0.1, 0.15) is 0 Å². The SMILES string of the molecule is CCNC(=NCc1ccc(NC(=O)OC)cc1)NCC(CC)(CC)CCO.I. The Morgan fingerprint density at radius 1 is 1.14 bits per heavy atom. The van der Waals surface area contributed by atoms with E-state index in [0.29, 0.717) is 12.2 Å². The number of guanidine groups is 1. The van der Waals surface area contributed by atoms with Crippen LogP contribution in [-0.2, 0) is 11.3 Å². The van der Waals surface area contributed by atoms with Crippen LogP contribution in [-0.4, -0.2) is 44.0 Å². The van der Waals surface area contributed by atoms with Crippen LogP contribution in [0.1, 0.15) is 45.6 Å². The Balaban J connectivity index is 0.00000729. The summed E-state index contributed by atoms with van der Waals surface area (Å²) in [6, 6.07) is 7.49. The number of nitrogens with one attached hydrogen (secondary N) is 3. The lowest BCUT2D eigenvalue weighted by atomic mass is 9.79. The molecule has 1 aromatic carbocycles. The molecule has 0 spiro atoms. The number of aliphatic imine (C=N–C) groups is 1. The van der Waals surface area contributed by atoms with Crippen molar-refractivity contribution in [3.05, 3.63) is 29.8 Å². The van der Waals surface area contributed by atoms with Crippen LogP contribution in [0.3, 0.4) is 0 Å². The number of aliphatic hydroxyl groups is 1. The number of rotatable bonds is 10. The van der Waals surface area contributed by atoms with Crippen LogP contribution in [0, 0.1) is 5.41 Å². The summed E-state index contributed by atoms with van der Waals surface area (Å²) in [5, 5.41) is 18.7. The Hall–Kier alpha value is -1.55. The molecule has 4 N–H and O–H groups in total. The summed E-state index contributed by atoms with van der Waals surface area (Å²) in [5.74, 6) is 0.762. The second kappa shape index (κ2) is 14.4. The lowest BCUT2D eigenvalue weighted by Crippen LogP contribution is -2.43. The zero-order valence-electron chi connectivity index (χ0n) is 17.4. The zero-order valence-corrected chi connectivity index (χ0v) is 19.7. The van der Waals surface area contributed by atoms with Crippen molar-refractivity contribution in [2.45, 2.75) is 46.6 Å². The second-order valence-electron chi connectivity index (χ2n) is 6.54. The van der Waals surface area contributed by atoms with Crippen LogP contribution in [0.5, 0.6) is 0 Å². The maximum absolute atomic E-state index is 11.2. The molecule has 0 heterocycles. The van der Waals surface area contributed by atoms with E-state index >= 15 is 0 Å². The van der Waals surface area contributed by atoms with E-state index in [1.165, 1.54) is 7.11 Å². The quantitative estimate of drug-likeness (QED) is 0.221. The number of hydrogen-bond donors (Lipinski definition) is 4. The van der Waals surface area contributed by atoms with E-state index in [2.05, 4.69) is 39.5 Å². The molecular weight excluding hydrogens is 471 g/mol. The number of nitrogens with zero attached hydrogens (tertiary/aromatic N) is 1. The molecule has 0 saturated heterocycles. The van der Waals surface area contributed by atoms with Gasteiger partial charge in [-0.05, 0) is 49.3 Å². The molecule has 0 unspecified atom stereocenters. The smallest absolute Gasteiger partial charge is 0.411 e. The summed E-state index contributed by atoms with van der Waals surface area (Å²) < 4.78 is 4.58. The number of anilines is 1. The van der Waals surface area contributed by atoms with E-state index in [1.807, 2.05) is 31.2 Å². The zero-order chi connectivity index (χ0) is 20.1. The molecule has 0 aliphatic carbocycles. The predicted molar refractivity (Wildman–Crippen MR) is 125 cm³/mol. The Morgan fingerprint density at radius 3 is 2.29 bits per heavy atom. The van der Waals surface area contributed by atoms with Gasteiger partial charge in [0.15, 0.2) is 5.96 Å². The molecule has 0 saturated carbocycles. The van der Waals surface area contributed by atoms with Crippen LogP contribution < -0.4 is 16.0 Å². The number of amides is 1. The van der Waals surface area contributed by atoms with Gasteiger partial charge in [0.2, 0.25) is 0 Å². The molecule has 8 heteroatoms. The van der Waals surface area contributed by atoms with Gasteiger partial charge in [-0.3, -0.25) is 5.32 Å². The molecule has 0 aromatic heterocycles. The Morgan fingerprint density at radius 2 is 1.79 bits per heavy atom. The van der Waals surface area contributed by atoms with Gasteiger partial charge in [-0.15, -0.1) is 24.0 Å². The maximum Gasteiger partial charge on any atom is 0.411 e. The highest BCUT2D eigenvalue weighted by molar-refractivity contribution is 14.0. The topological polar surface area (TPSA) is 95.0 Å². The van der Waals surface area contributed by atoms with Gasteiger partial charge in [0.25, 0.3) is 0 Å². The molecule has 0 fully saturated rings. The summed E-state index contributed by atoms with van der Waals surface area (Å²) in [6.45, 7) is 8.63. The molecule has 1 amide bonds. The lowest BCUT2D eigenvalue weighted by Gasteiger charge is -2.32. The van der Waals surface area contributed by atoms with Crippen molar-refractivity contribution < 1.29 is 14.6 Å². The summed E-state index contributed by atoms with van der Waals surface area (Å²) in [4.78, 5) is 15.9. The normalized spacial score (nSPS) is 11.4. The first-order valence-corrected chi connectivity index (χ1v) is 9.59. The minimum absolute atomic E-state index is 0. The summed E-state index contributed by atoms with van der Waals surface area (Å²) in [7, 11) is 1.33. The van der Waals surface area contributed by atoms with E-state index in [1.54, 1.807) is 0 Å². The minimum atomic E-state index is -0.488. The van der Waals surface area contributed by atoms with Gasteiger partial charge >= 0.3 is 6.09 Å². The van der Waals surface area contributed by atoms with Crippen molar-refractivity contribution in [2.24, 2.45) is 10.4 Å². The molecular formula is C20H35IN4O3. The van der Waals surface area contributed by atoms with Crippen LogP contribution in [0.25, 0.3) is 0 Å². The van der Waals surface area contributed by atoms with Crippen molar-refractivity contribution in [1.82, 2.24) is 10.6 Å². The molecule has 1 aromatic rings. The molecule has 0 aliphatic heterocycles. The number of methoxy groups -OCH3 is 1. The van der Waals surface area contributed by atoms with E-state index < -0.39 is 6.09 Å². The predicted octanol–water partition coefficient (Wildman–Crippen LogP) is 3.73. The van der Waals surface area contributed by atoms with E-state index in [9.17, 15) is 9.90 Å². The highest BCUT2D eigenvalue weighted by Crippen LogP contribution is 2.29. The van der Waals surface area contributed by atoms with Crippen molar-refractivity contribution in [2.75, 3.05) is 32.1 Å². The number of carbonyl (C=O) groups is 1. The third kappa shape index (κ3) is 9.09. The average molecular weight is 506 g/mol. The second-order valence-corrected chi connectivity index (χ2v) is 6.54. The van der Waals surface area contributed by atoms with Gasteiger partial charge in [-0.2, -0.15) is 0 Å². The fourth-order valence-electron chi connectivity index (χ4n) is 2.82. The van der Waals surface area contributed by atoms with Gasteiger partial charge in [0, 0.05) is 25.4 Å². The van der Waals surface area contributed by atoms with Crippen LogP contribution >= 0.6 is 24.0 Å². The van der Waals surface area contributed by atoms with Crippen LogP contribution in [0.2, 0.25) is 0 Å². The van der Waals surface area contributed by atoms with Crippen molar-refractivity contribution >= 4 is 41.7 Å². The Kier molecular flexibility index (Phi) is 13.6. The van der Waals surface area contributed by atoms with E-state index in [-0.39, 0.29) is 36.0 Å². The first-order valence-electron chi connectivity index (χ1n) is 9.59. The lowest BCUT2D eigenvalue weighted by molar-refractivity contribution is 0.169. The number of aliphatic hydroxyl groups excluding tert-OH is 1. The monoisotopic (exact) mass is 506 g/mol. The standard InChI is InChI=1S/C20H34N4O3.HI/c1-5-20(6-2,12-13-25)15-23-18(21-7-3)22-14-16-8-10-17(11-9-16)24-19(26)27-4;/h8-11,25H,5-7,12-15H2,1-4H3,(H,24,26)(H2,21,22,23);1H. The van der Waals surface area contributed by atoms with Crippen molar-refractivity contribution in [3.8, 4) is 0 Å². The molecule has 0 atom stereocenters. The summed E-state index contributed by atoms with van der Waals surface area (Å²) in [5.41, 5.74) is 1.79. The first-order chi connectivity index (χ1) is 13.0. The summed E-state index contributed by atoms with van der Waals surface area (Å²) >= 11 is 0. The Labute approximate surface area is 185 Å². The molecule has 0 bridgehead atoms. The number of benzene rings is 1. The maximum atomic E-state index is 11.2. The van der Waals surface area contributed by atoms with Crippen LogP contribution in [0.15, 0.2) is 29.3 Å². The summed E-state index contributed by atoms with van der Waals surface area (Å²) in [6.07, 6.45) is 2.30. The fourth-order valence-corrected chi connectivity index (χ4v) is 2.82. The molecule has 160 valence electrons.